The van der Waals surface area contributed by atoms with Gasteiger partial charge in [-0.1, -0.05) is 0 Å². The number of benzene rings is 2. The molecule has 1 aliphatic heterocycles. The summed E-state index contributed by atoms with van der Waals surface area (Å²) < 4.78 is 39.4. The third kappa shape index (κ3) is 8.48. The molecular formula is C31H41F2N6O6+. The molecule has 1 N–H and O–H groups in total. The number of methoxy groups -OCH3 is 2. The molecule has 1 fully saturated rings. The van der Waals surface area contributed by atoms with Gasteiger partial charge in [-0.05, 0) is 42.8 Å². The zero-order valence-corrected chi connectivity index (χ0v) is 26.9. The highest BCUT2D eigenvalue weighted by Gasteiger charge is 2.32. The summed E-state index contributed by atoms with van der Waals surface area (Å²) in [5.41, 5.74) is 1.77. The van der Waals surface area contributed by atoms with Gasteiger partial charge in [-0.3, -0.25) is 14.5 Å². The van der Waals surface area contributed by atoms with Crippen LogP contribution in [0, 0.1) is 18.6 Å². The molecule has 1 aromatic heterocycles. The minimum atomic E-state index is -1.13. The van der Waals surface area contributed by atoms with Crippen molar-refractivity contribution >= 4 is 30.3 Å². The van der Waals surface area contributed by atoms with Crippen molar-refractivity contribution in [3.8, 4) is 17.0 Å². The van der Waals surface area contributed by atoms with Gasteiger partial charge in [0, 0.05) is 64.3 Å². The molecule has 2 heterocycles. The van der Waals surface area contributed by atoms with Crippen LogP contribution in [0.2, 0.25) is 0 Å². The molecule has 0 radical (unpaired) electrons. The van der Waals surface area contributed by atoms with Crippen LogP contribution in [-0.4, -0.2) is 117 Å². The Kier molecular flexibility index (Phi) is 12.9. The van der Waals surface area contributed by atoms with Crippen molar-refractivity contribution in [3.05, 3.63) is 65.1 Å². The summed E-state index contributed by atoms with van der Waals surface area (Å²) in [4.78, 5) is 54.2. The van der Waals surface area contributed by atoms with Gasteiger partial charge in [-0.2, -0.15) is 4.39 Å². The number of piperazine rings is 1. The van der Waals surface area contributed by atoms with Crippen molar-refractivity contribution in [2.45, 2.75) is 6.92 Å². The molecule has 4 rings (SSSR count). The van der Waals surface area contributed by atoms with Crippen LogP contribution < -0.4 is 10.1 Å². The molecule has 1 aliphatic rings. The van der Waals surface area contributed by atoms with Crippen LogP contribution >= 0.6 is 0 Å². The van der Waals surface area contributed by atoms with E-state index in [1.165, 1.54) is 37.1 Å². The second-order valence-electron chi connectivity index (χ2n) is 10.9. The molecule has 0 spiro atoms. The molecule has 2 aromatic carbocycles. The number of urea groups is 1. The topological polar surface area (TPSA) is 123 Å². The van der Waals surface area contributed by atoms with E-state index < -0.39 is 17.5 Å². The largest absolute Gasteiger partial charge is 0.494 e. The van der Waals surface area contributed by atoms with E-state index >= 15 is 0 Å². The number of hydrogen-bond acceptors (Lipinski definition) is 7. The standard InChI is InChI=1S/C28H32F2N6O4.C2H6O.CH2O/c1-17-15-18(7-8-19(17)27(38)34-11-13-35(14-12-34)28(39)36(3,4)5)32-26(37)25-31-16-21(33(25)2)20-9-10-22(40-6)24(30)23(20)29;1-3-2;1-2/h7-10,15-16H,11-14H2,1-6H3;1-2H3;1H2/p+1. The Bertz CT molecular complexity index is 1510. The number of nitrogens with zero attached hydrogens (tertiary/aromatic N) is 5. The first-order valence-electron chi connectivity index (χ1n) is 13.8. The average molecular weight is 632 g/mol. The molecule has 3 aromatic rings. The minimum absolute atomic E-state index is 0.00417. The first-order chi connectivity index (χ1) is 21.2. The van der Waals surface area contributed by atoms with E-state index in [1.807, 2.05) is 27.9 Å². The van der Waals surface area contributed by atoms with E-state index in [-0.39, 0.29) is 39.3 Å². The third-order valence-electron chi connectivity index (χ3n) is 6.86. The van der Waals surface area contributed by atoms with Crippen LogP contribution in [0.5, 0.6) is 5.75 Å². The summed E-state index contributed by atoms with van der Waals surface area (Å²) in [5.74, 6) is -3.17. The molecule has 0 atom stereocenters. The fourth-order valence-electron chi connectivity index (χ4n) is 4.62. The van der Waals surface area contributed by atoms with Gasteiger partial charge in [-0.25, -0.2) is 18.7 Å². The number of anilines is 1. The second-order valence-corrected chi connectivity index (χ2v) is 10.9. The lowest BCUT2D eigenvalue weighted by Gasteiger charge is -2.37. The number of halogens is 2. The van der Waals surface area contributed by atoms with Crippen molar-refractivity contribution < 1.29 is 41.9 Å². The molecule has 0 bridgehead atoms. The maximum absolute atomic E-state index is 14.6. The van der Waals surface area contributed by atoms with Crippen molar-refractivity contribution in [1.29, 1.82) is 0 Å². The Balaban J connectivity index is 0.00000133. The fraction of sp³-hybridized carbons (Fsp3) is 0.387. The number of aromatic nitrogens is 2. The minimum Gasteiger partial charge on any atom is -0.494 e. The van der Waals surface area contributed by atoms with Gasteiger partial charge in [0.2, 0.25) is 5.82 Å². The van der Waals surface area contributed by atoms with Gasteiger partial charge >= 0.3 is 6.03 Å². The van der Waals surface area contributed by atoms with Gasteiger partial charge in [0.05, 0.1) is 40.1 Å². The molecule has 1 saturated heterocycles. The number of rotatable bonds is 5. The van der Waals surface area contributed by atoms with Crippen LogP contribution in [0.15, 0.2) is 36.5 Å². The molecule has 45 heavy (non-hydrogen) atoms. The van der Waals surface area contributed by atoms with Crippen LogP contribution in [0.3, 0.4) is 0 Å². The van der Waals surface area contributed by atoms with Crippen LogP contribution in [0.25, 0.3) is 11.3 Å². The van der Waals surface area contributed by atoms with Crippen molar-refractivity contribution in [3.63, 3.8) is 0 Å². The highest BCUT2D eigenvalue weighted by atomic mass is 19.2. The Morgan fingerprint density at radius 2 is 1.51 bits per heavy atom. The molecule has 12 nitrogen and oxygen atoms in total. The highest BCUT2D eigenvalue weighted by Crippen LogP contribution is 2.30. The lowest BCUT2D eigenvalue weighted by atomic mass is 10.1. The SMILES string of the molecule is C=O.COC.COc1ccc(-c2cnc(C(=O)Nc3ccc(C(=O)N4CCN(C(=O)[N+](C)(C)C)CC4)c(C)c3)n2C)c(F)c1F. The Morgan fingerprint density at radius 3 is 2.04 bits per heavy atom. The predicted molar refractivity (Wildman–Crippen MR) is 165 cm³/mol. The van der Waals surface area contributed by atoms with E-state index in [0.717, 1.165) is 0 Å². The zero-order valence-electron chi connectivity index (χ0n) is 26.9. The number of carbonyl (C=O) groups is 4. The summed E-state index contributed by atoms with van der Waals surface area (Å²) in [6, 6.07) is 7.62. The first kappa shape index (κ1) is 36.5. The van der Waals surface area contributed by atoms with Crippen molar-refractivity contribution in [2.24, 2.45) is 7.05 Å². The third-order valence-corrected chi connectivity index (χ3v) is 6.86. The number of quaternary nitrogens is 1. The molecular weight excluding hydrogens is 590 g/mol. The molecule has 0 unspecified atom stereocenters. The van der Waals surface area contributed by atoms with Crippen molar-refractivity contribution in [2.75, 3.05) is 74.0 Å². The predicted octanol–water partition coefficient (Wildman–Crippen LogP) is 3.60. The number of nitrogens with one attached hydrogen (secondary N) is 1. The van der Waals surface area contributed by atoms with Crippen LogP contribution in [0.1, 0.15) is 26.5 Å². The van der Waals surface area contributed by atoms with E-state index in [1.54, 1.807) is 49.1 Å². The Labute approximate surface area is 261 Å². The normalized spacial score (nSPS) is 12.8. The van der Waals surface area contributed by atoms with Gasteiger partial charge in [0.1, 0.15) is 6.79 Å². The summed E-state index contributed by atoms with van der Waals surface area (Å²) in [6.45, 7) is 5.57. The maximum atomic E-state index is 14.6. The smallest absolute Gasteiger partial charge is 0.418 e. The zero-order chi connectivity index (χ0) is 34.1. The van der Waals surface area contributed by atoms with Crippen molar-refractivity contribution in [1.82, 2.24) is 19.4 Å². The molecule has 14 heteroatoms. The second kappa shape index (κ2) is 15.9. The lowest BCUT2D eigenvalue weighted by Crippen LogP contribution is -2.57. The van der Waals surface area contributed by atoms with Crippen LogP contribution in [0.4, 0.5) is 19.3 Å². The monoisotopic (exact) mass is 631 g/mol. The van der Waals surface area contributed by atoms with Gasteiger partial charge in [0.25, 0.3) is 11.8 Å². The fourth-order valence-corrected chi connectivity index (χ4v) is 4.62. The molecule has 0 saturated carbocycles. The summed E-state index contributed by atoms with van der Waals surface area (Å²) >= 11 is 0. The Morgan fingerprint density at radius 1 is 0.933 bits per heavy atom. The average Bonchev–Trinajstić information content (AvgIpc) is 3.39. The van der Waals surface area contributed by atoms with E-state index in [0.29, 0.717) is 43.0 Å². The molecule has 244 valence electrons. The number of amides is 4. The molecule has 4 amide bonds. The first-order valence-corrected chi connectivity index (χ1v) is 13.8. The van der Waals surface area contributed by atoms with Gasteiger partial charge in [0.15, 0.2) is 17.4 Å². The maximum Gasteiger partial charge on any atom is 0.418 e. The van der Waals surface area contributed by atoms with Gasteiger partial charge in [-0.15, -0.1) is 0 Å². The molecule has 0 aliphatic carbocycles. The highest BCUT2D eigenvalue weighted by molar-refractivity contribution is 6.03. The van der Waals surface area contributed by atoms with E-state index in [4.69, 9.17) is 9.53 Å². The van der Waals surface area contributed by atoms with Crippen LogP contribution in [-0.2, 0) is 16.6 Å². The number of imidazole rings is 1. The lowest BCUT2D eigenvalue weighted by molar-refractivity contribution is -0.790. The van der Waals surface area contributed by atoms with E-state index in [9.17, 15) is 23.2 Å². The number of carbonyl (C=O) groups excluding carboxylic acids is 4. The number of aryl methyl sites for hydroxylation is 1. The summed E-state index contributed by atoms with van der Waals surface area (Å²) in [7, 11) is 11.5. The quantitative estimate of drug-likeness (QED) is 0.427. The number of ether oxygens (including phenoxy) is 2. The summed E-state index contributed by atoms with van der Waals surface area (Å²) in [6.07, 6.45) is 1.29. The summed E-state index contributed by atoms with van der Waals surface area (Å²) in [5, 5.41) is 2.75. The van der Waals surface area contributed by atoms with Gasteiger partial charge < -0.3 is 29.1 Å². The van der Waals surface area contributed by atoms with E-state index in [2.05, 4.69) is 15.0 Å². The Hall–Kier alpha value is -4.69. The number of hydrogen-bond donors (Lipinski definition) is 1.